The first-order valence-electron chi connectivity index (χ1n) is 32.1. The molecule has 0 fully saturated rings. The summed E-state index contributed by atoms with van der Waals surface area (Å²) in [5, 5.41) is 95.7. The molecule has 107 heavy (non-hydrogen) atoms. The lowest BCUT2D eigenvalue weighted by Crippen LogP contribution is -1.97. The summed E-state index contributed by atoms with van der Waals surface area (Å²) in [5.41, 5.74) is 12.3. The van der Waals surface area contributed by atoms with E-state index in [0.29, 0.717) is 59.5 Å². The first-order chi connectivity index (χ1) is 48.0. The Morgan fingerprint density at radius 2 is 0.467 bits per heavy atom. The van der Waals surface area contributed by atoms with E-state index >= 15 is 0 Å². The second kappa shape index (κ2) is 49.2. The van der Waals surface area contributed by atoms with Crippen molar-refractivity contribution >= 4 is 0 Å². The van der Waals surface area contributed by atoms with Crippen LogP contribution in [0, 0.1) is 13.8 Å². The summed E-state index contributed by atoms with van der Waals surface area (Å²) >= 11 is 0. The van der Waals surface area contributed by atoms with Gasteiger partial charge in [-0.1, -0.05) is 101 Å². The molecule has 586 valence electrons. The van der Waals surface area contributed by atoms with Gasteiger partial charge in [0.05, 0.1) is 64.0 Å². The van der Waals surface area contributed by atoms with E-state index in [1.165, 1.54) is 58.8 Å². The monoisotopic (exact) mass is 1480 g/mol. The third kappa shape index (κ3) is 30.9. The van der Waals surface area contributed by atoms with E-state index in [1.807, 2.05) is 62.4 Å². The molecule has 0 amide bonds. The minimum atomic E-state index is -0.00669. The number of rotatable bonds is 24. The lowest BCUT2D eigenvalue weighted by Gasteiger charge is -2.12. The van der Waals surface area contributed by atoms with Crippen LogP contribution < -0.4 is 42.6 Å². The van der Waals surface area contributed by atoms with E-state index in [-0.39, 0.29) is 109 Å². The van der Waals surface area contributed by atoms with Crippen molar-refractivity contribution in [1.29, 1.82) is 0 Å². The normalized spacial score (nSPS) is 9.67. The average Bonchev–Trinajstić information content (AvgIpc) is 0.848. The maximum Gasteiger partial charge on any atom is 0.203 e. The Morgan fingerprint density at radius 3 is 0.766 bits per heavy atom. The van der Waals surface area contributed by atoms with Crippen molar-refractivity contribution in [1.82, 2.24) is 0 Å². The molecule has 0 radical (unpaired) electrons. The largest absolute Gasteiger partial charge is 0.508 e. The Kier molecular flexibility index (Phi) is 44.8. The molecule has 0 unspecified atom stereocenters. The molecule has 0 aromatic heterocycles. The van der Waals surface area contributed by atoms with Crippen LogP contribution in [0.15, 0.2) is 176 Å². The molecule has 19 nitrogen and oxygen atoms in total. The van der Waals surface area contributed by atoms with Gasteiger partial charge in [-0.15, -0.1) is 0 Å². The smallest absolute Gasteiger partial charge is 0.203 e. The van der Waals surface area contributed by atoms with Crippen molar-refractivity contribution in [3.63, 3.8) is 0 Å². The third-order valence-electron chi connectivity index (χ3n) is 16.0. The fraction of sp³-hybridized carbons (Fsp3) is 0.318. The summed E-state index contributed by atoms with van der Waals surface area (Å²) in [6, 6.07) is 51.6. The number of ether oxygens (including phenoxy) is 9. The van der Waals surface area contributed by atoms with E-state index in [9.17, 15) is 51.1 Å². The van der Waals surface area contributed by atoms with Crippen LogP contribution in [0.2, 0.25) is 0 Å². The zero-order valence-electron chi connectivity index (χ0n) is 58.5. The van der Waals surface area contributed by atoms with Crippen molar-refractivity contribution < 1.29 is 93.7 Å². The van der Waals surface area contributed by atoms with E-state index in [2.05, 4.69) is 24.3 Å². The van der Waals surface area contributed by atoms with E-state index in [1.54, 1.807) is 119 Å². The molecule has 10 aromatic rings. The maximum atomic E-state index is 9.99. The number of hydrogen-bond donors (Lipinski definition) is 10. The molecule has 10 rings (SSSR count). The number of aromatic hydroxyl groups is 10. The summed E-state index contributed by atoms with van der Waals surface area (Å²) in [6.45, 7) is 4.03. The minimum Gasteiger partial charge on any atom is -0.508 e. The van der Waals surface area contributed by atoms with Gasteiger partial charge in [0.2, 0.25) is 17.2 Å². The van der Waals surface area contributed by atoms with Gasteiger partial charge in [0.1, 0.15) is 57.5 Å². The molecular weight excluding hydrogens is 1360 g/mol. The van der Waals surface area contributed by atoms with Gasteiger partial charge in [0.25, 0.3) is 0 Å². The third-order valence-corrected chi connectivity index (χ3v) is 16.0. The van der Waals surface area contributed by atoms with Gasteiger partial charge in [-0.05, 0) is 254 Å². The summed E-state index contributed by atoms with van der Waals surface area (Å²) < 4.78 is 46.8. The van der Waals surface area contributed by atoms with Crippen LogP contribution in [0.4, 0.5) is 0 Å². The molecule has 0 aliphatic heterocycles. The van der Waals surface area contributed by atoms with E-state index in [4.69, 9.17) is 42.6 Å². The minimum absolute atomic E-state index is 0. The van der Waals surface area contributed by atoms with Crippen molar-refractivity contribution in [2.45, 2.75) is 130 Å². The maximum absolute atomic E-state index is 9.99. The lowest BCUT2D eigenvalue weighted by molar-refractivity contribution is 0.332. The molecule has 19 heteroatoms. The second-order valence-corrected chi connectivity index (χ2v) is 23.3. The van der Waals surface area contributed by atoms with Crippen molar-refractivity contribution in [3.8, 4) is 109 Å². The van der Waals surface area contributed by atoms with E-state index in [0.717, 1.165) is 112 Å². The molecule has 10 N–H and O–H groups in total. The molecule has 0 saturated heterocycles. The second-order valence-electron chi connectivity index (χ2n) is 23.3. The molecule has 0 aliphatic rings. The zero-order valence-corrected chi connectivity index (χ0v) is 58.5. The first kappa shape index (κ1) is 97.5. The van der Waals surface area contributed by atoms with Crippen LogP contribution >= 0.6 is 0 Å². The predicted molar refractivity (Wildman–Crippen MR) is 434 cm³/mol. The van der Waals surface area contributed by atoms with Crippen LogP contribution in [-0.4, -0.2) is 115 Å². The van der Waals surface area contributed by atoms with Gasteiger partial charge in [-0.3, -0.25) is 0 Å². The van der Waals surface area contributed by atoms with Crippen molar-refractivity contribution in [2.24, 2.45) is 0 Å². The van der Waals surface area contributed by atoms with Gasteiger partial charge < -0.3 is 93.7 Å². The Bertz CT molecular complexity index is 4180. The molecular formula is C88H120O19. The number of phenols is 10. The summed E-state index contributed by atoms with van der Waals surface area (Å²) in [7, 11) is 14.0. The summed E-state index contributed by atoms with van der Waals surface area (Å²) in [4.78, 5) is 0. The number of methoxy groups -OCH3 is 9. The average molecular weight is 1480 g/mol. The standard InChI is InChI=1S/C18H22O4.C17H20O5.C16H18O4.C16H18O3.C14H14O3.7CH4/c1-12-5-6-13(10-16(12)20-2)7-8-14-9-15(19)18(22-4)17(11-14)21-3;1-20-14-7-11(6-13(18)10-14)4-5-12-8-15(21-2)17(19)16(9-12)22-3;1-19-15-10-12(9-14(18)16(15)20-2)7-6-11-4-3-5-13(17)8-11;1-11-3-4-12(9-16(11)19-2)5-6-13-7-14(17)10-15(18)8-13;15-12-3-1-2-10(6-12)4-5-11-7-13(16)9-14(17)8-11;;;;;;;/h5-6,9-11,19H,7-8H2,1-4H3;6-10,18-19H,4-5H2,1-3H3;3-5,8-10,17-18H,6-7H2,1-2H3;3-4,7-10,17-18H,5-6H2,1-2H3;1-3,6-9,15-17H,4-5H2;7*1H4. The summed E-state index contributed by atoms with van der Waals surface area (Å²) in [5.74, 6) is 6.08. The SMILES string of the molecule is C.C.C.C.C.C.C.COc1cc(CCc2cc(O)c(OC)c(OC)c2)ccc1C.COc1cc(CCc2cc(O)cc(O)c2)ccc1C.COc1cc(CCc2cccc(O)c2)cc(O)c1OC.COc1cc(O)cc(CCc2cc(OC)c(O)c(OC)c2)c1.Oc1cccc(CCc2cc(O)cc(O)c2)c1. The van der Waals surface area contributed by atoms with Crippen LogP contribution in [0.1, 0.15) is 119 Å². The van der Waals surface area contributed by atoms with Crippen molar-refractivity contribution in [2.75, 3.05) is 64.0 Å². The van der Waals surface area contributed by atoms with Gasteiger partial charge in [-0.25, -0.2) is 0 Å². The highest BCUT2D eigenvalue weighted by atomic mass is 16.5. The fourth-order valence-electron chi connectivity index (χ4n) is 10.8. The highest BCUT2D eigenvalue weighted by molar-refractivity contribution is 5.55. The molecule has 0 aliphatic carbocycles. The number of benzene rings is 10. The van der Waals surface area contributed by atoms with E-state index < -0.39 is 0 Å². The molecule has 10 aromatic carbocycles. The topological polar surface area (TPSA) is 285 Å². The van der Waals surface area contributed by atoms with Crippen LogP contribution in [0.3, 0.4) is 0 Å². The highest BCUT2D eigenvalue weighted by Crippen LogP contribution is 2.40. The fourth-order valence-corrected chi connectivity index (χ4v) is 10.8. The van der Waals surface area contributed by atoms with Crippen LogP contribution in [0.25, 0.3) is 0 Å². The first-order valence-corrected chi connectivity index (χ1v) is 32.1. The van der Waals surface area contributed by atoms with Crippen LogP contribution in [-0.2, 0) is 64.2 Å². The Hall–Kier alpha value is -11.6. The van der Waals surface area contributed by atoms with Gasteiger partial charge >= 0.3 is 0 Å². The van der Waals surface area contributed by atoms with Gasteiger partial charge in [-0.2, -0.15) is 0 Å². The van der Waals surface area contributed by atoms with Gasteiger partial charge in [0, 0.05) is 18.2 Å². The number of hydrogen-bond acceptors (Lipinski definition) is 19. The summed E-state index contributed by atoms with van der Waals surface area (Å²) in [6.07, 6.45) is 7.60. The zero-order chi connectivity index (χ0) is 72.8. The number of phenolic OH excluding ortho intramolecular Hbond substituents is 10. The highest BCUT2D eigenvalue weighted by Gasteiger charge is 2.16. The molecule has 0 saturated carbocycles. The predicted octanol–water partition coefficient (Wildman–Crippen LogP) is 19.6. The quantitative estimate of drug-likeness (QED) is 0.0269. The Balaban J connectivity index is 0. The number of aryl methyl sites for hydroxylation is 12. The molecule has 0 heterocycles. The van der Waals surface area contributed by atoms with Crippen LogP contribution in [0.5, 0.6) is 109 Å². The molecule has 0 bridgehead atoms. The molecule has 0 atom stereocenters. The lowest BCUT2D eigenvalue weighted by atomic mass is 10.0. The van der Waals surface area contributed by atoms with Gasteiger partial charge in [0.15, 0.2) is 34.5 Å². The Labute approximate surface area is 636 Å². The van der Waals surface area contributed by atoms with Crippen molar-refractivity contribution in [3.05, 3.63) is 243 Å². The molecule has 0 spiro atoms. The Morgan fingerprint density at radius 1 is 0.215 bits per heavy atom.